The number of amides is 2. The second kappa shape index (κ2) is 8.34. The highest BCUT2D eigenvalue weighted by atomic mass is 16.2. The molecule has 0 radical (unpaired) electrons. The summed E-state index contributed by atoms with van der Waals surface area (Å²) in [5.74, 6) is 0.113. The van der Waals surface area contributed by atoms with Crippen molar-refractivity contribution in [3.05, 3.63) is 101 Å². The molecule has 2 N–H and O–H groups in total. The SMILES string of the molecule is Cc1cc(C)cc(NC(=O)NCC(c2ccccc2)c2ccccc2)c1. The average molecular weight is 344 g/mol. The van der Waals surface area contributed by atoms with Crippen LogP contribution < -0.4 is 10.6 Å². The number of carbonyl (C=O) groups excluding carboxylic acids is 1. The molecule has 0 heterocycles. The molecule has 0 saturated carbocycles. The summed E-state index contributed by atoms with van der Waals surface area (Å²) in [6.45, 7) is 4.58. The van der Waals surface area contributed by atoms with Crippen LogP contribution in [0.1, 0.15) is 28.2 Å². The van der Waals surface area contributed by atoms with E-state index in [0.717, 1.165) is 16.8 Å². The summed E-state index contributed by atoms with van der Waals surface area (Å²) in [7, 11) is 0. The number of hydrogen-bond donors (Lipinski definition) is 2. The van der Waals surface area contributed by atoms with E-state index < -0.39 is 0 Å². The van der Waals surface area contributed by atoms with E-state index in [1.54, 1.807) is 0 Å². The molecule has 0 spiro atoms. The fraction of sp³-hybridized carbons (Fsp3) is 0.174. The Hall–Kier alpha value is -3.07. The molecule has 2 amide bonds. The molecule has 3 aromatic carbocycles. The van der Waals surface area contributed by atoms with Gasteiger partial charge in [0.05, 0.1) is 0 Å². The van der Waals surface area contributed by atoms with Gasteiger partial charge in [-0.05, 0) is 48.2 Å². The number of carbonyl (C=O) groups is 1. The first-order valence-corrected chi connectivity index (χ1v) is 8.85. The van der Waals surface area contributed by atoms with E-state index in [1.165, 1.54) is 11.1 Å². The predicted molar refractivity (Wildman–Crippen MR) is 108 cm³/mol. The van der Waals surface area contributed by atoms with E-state index in [1.807, 2.05) is 62.4 Å². The van der Waals surface area contributed by atoms with Gasteiger partial charge in [-0.3, -0.25) is 0 Å². The number of anilines is 1. The lowest BCUT2D eigenvalue weighted by Gasteiger charge is -2.19. The van der Waals surface area contributed by atoms with Crippen molar-refractivity contribution in [2.45, 2.75) is 19.8 Å². The van der Waals surface area contributed by atoms with Crippen LogP contribution in [0.25, 0.3) is 0 Å². The van der Waals surface area contributed by atoms with Crippen molar-refractivity contribution < 1.29 is 4.79 Å². The highest BCUT2D eigenvalue weighted by Crippen LogP contribution is 2.23. The normalized spacial score (nSPS) is 10.6. The average Bonchev–Trinajstić information content (AvgIpc) is 2.63. The third kappa shape index (κ3) is 4.73. The molecule has 0 bridgehead atoms. The van der Waals surface area contributed by atoms with Gasteiger partial charge in [0.25, 0.3) is 0 Å². The maximum absolute atomic E-state index is 12.4. The highest BCUT2D eigenvalue weighted by molar-refractivity contribution is 5.89. The second-order valence-electron chi connectivity index (χ2n) is 6.59. The topological polar surface area (TPSA) is 41.1 Å². The zero-order chi connectivity index (χ0) is 18.4. The summed E-state index contributed by atoms with van der Waals surface area (Å²) >= 11 is 0. The molecule has 0 unspecified atom stereocenters. The lowest BCUT2D eigenvalue weighted by atomic mass is 9.91. The summed E-state index contributed by atoms with van der Waals surface area (Å²) in [5.41, 5.74) is 5.45. The van der Waals surface area contributed by atoms with E-state index in [2.05, 4.69) is 41.0 Å². The molecule has 0 aliphatic rings. The Morgan fingerprint density at radius 2 is 1.31 bits per heavy atom. The summed E-state index contributed by atoms with van der Waals surface area (Å²) < 4.78 is 0. The predicted octanol–water partition coefficient (Wildman–Crippen LogP) is 5.26. The van der Waals surface area contributed by atoms with Gasteiger partial charge < -0.3 is 10.6 Å². The van der Waals surface area contributed by atoms with Crippen LogP contribution in [-0.4, -0.2) is 12.6 Å². The monoisotopic (exact) mass is 344 g/mol. The van der Waals surface area contributed by atoms with Gasteiger partial charge in [-0.15, -0.1) is 0 Å². The van der Waals surface area contributed by atoms with Gasteiger partial charge >= 0.3 is 6.03 Å². The molecular formula is C23H24N2O. The molecule has 0 saturated heterocycles. The van der Waals surface area contributed by atoms with Crippen molar-refractivity contribution in [2.24, 2.45) is 0 Å². The largest absolute Gasteiger partial charge is 0.337 e. The first-order chi connectivity index (χ1) is 12.6. The number of aryl methyl sites for hydroxylation is 2. The van der Waals surface area contributed by atoms with Crippen LogP contribution in [0.3, 0.4) is 0 Å². The fourth-order valence-corrected chi connectivity index (χ4v) is 3.22. The number of benzene rings is 3. The van der Waals surface area contributed by atoms with E-state index in [-0.39, 0.29) is 11.9 Å². The zero-order valence-electron chi connectivity index (χ0n) is 15.2. The number of rotatable bonds is 5. The van der Waals surface area contributed by atoms with Crippen LogP contribution in [0.15, 0.2) is 78.9 Å². The van der Waals surface area contributed by atoms with Crippen LogP contribution in [0.2, 0.25) is 0 Å². The molecule has 3 rings (SSSR count). The Bertz CT molecular complexity index is 800. The fourth-order valence-electron chi connectivity index (χ4n) is 3.22. The quantitative estimate of drug-likeness (QED) is 0.651. The Balaban J connectivity index is 1.70. The van der Waals surface area contributed by atoms with Crippen molar-refractivity contribution in [2.75, 3.05) is 11.9 Å². The Morgan fingerprint density at radius 3 is 1.81 bits per heavy atom. The zero-order valence-corrected chi connectivity index (χ0v) is 15.2. The minimum absolute atomic E-state index is 0.113. The summed E-state index contributed by atoms with van der Waals surface area (Å²) in [5, 5.41) is 5.95. The second-order valence-corrected chi connectivity index (χ2v) is 6.59. The van der Waals surface area contributed by atoms with E-state index in [4.69, 9.17) is 0 Å². The Morgan fingerprint density at radius 1 is 0.808 bits per heavy atom. The minimum Gasteiger partial charge on any atom is -0.337 e. The summed E-state index contributed by atoms with van der Waals surface area (Å²) in [6, 6.07) is 26.4. The smallest absolute Gasteiger partial charge is 0.319 e. The van der Waals surface area contributed by atoms with Gasteiger partial charge in [0, 0.05) is 18.2 Å². The number of hydrogen-bond acceptors (Lipinski definition) is 1. The van der Waals surface area contributed by atoms with Gasteiger partial charge in [-0.2, -0.15) is 0 Å². The van der Waals surface area contributed by atoms with Crippen molar-refractivity contribution >= 4 is 11.7 Å². The maximum Gasteiger partial charge on any atom is 0.319 e. The molecule has 3 nitrogen and oxygen atoms in total. The first kappa shape index (κ1) is 17.7. The Labute approximate surface area is 155 Å². The Kier molecular flexibility index (Phi) is 5.69. The van der Waals surface area contributed by atoms with E-state index in [9.17, 15) is 4.79 Å². The third-order valence-corrected chi connectivity index (χ3v) is 4.35. The standard InChI is InChI=1S/C23H24N2O/c1-17-13-18(2)15-21(14-17)25-23(26)24-16-22(19-9-5-3-6-10-19)20-11-7-4-8-12-20/h3-15,22H,16H2,1-2H3,(H2,24,25,26). The van der Waals surface area contributed by atoms with Crippen molar-refractivity contribution in [3.63, 3.8) is 0 Å². The van der Waals surface area contributed by atoms with Crippen LogP contribution in [-0.2, 0) is 0 Å². The van der Waals surface area contributed by atoms with Crippen LogP contribution in [0, 0.1) is 13.8 Å². The summed E-state index contributed by atoms with van der Waals surface area (Å²) in [6.07, 6.45) is 0. The molecule has 0 atom stereocenters. The van der Waals surface area contributed by atoms with Gasteiger partial charge in [0.2, 0.25) is 0 Å². The van der Waals surface area contributed by atoms with E-state index >= 15 is 0 Å². The van der Waals surface area contributed by atoms with Crippen molar-refractivity contribution in [3.8, 4) is 0 Å². The van der Waals surface area contributed by atoms with Crippen LogP contribution in [0.5, 0.6) is 0 Å². The summed E-state index contributed by atoms with van der Waals surface area (Å²) in [4.78, 5) is 12.4. The van der Waals surface area contributed by atoms with Gasteiger partial charge in [-0.25, -0.2) is 4.79 Å². The molecule has 0 aliphatic heterocycles. The molecular weight excluding hydrogens is 320 g/mol. The molecule has 3 aromatic rings. The molecule has 26 heavy (non-hydrogen) atoms. The van der Waals surface area contributed by atoms with Gasteiger partial charge in [-0.1, -0.05) is 66.7 Å². The number of urea groups is 1. The van der Waals surface area contributed by atoms with Crippen LogP contribution in [0.4, 0.5) is 10.5 Å². The lowest BCUT2D eigenvalue weighted by Crippen LogP contribution is -2.32. The molecule has 132 valence electrons. The molecule has 0 fully saturated rings. The van der Waals surface area contributed by atoms with E-state index in [0.29, 0.717) is 6.54 Å². The third-order valence-electron chi connectivity index (χ3n) is 4.35. The first-order valence-electron chi connectivity index (χ1n) is 8.85. The molecule has 0 aliphatic carbocycles. The highest BCUT2D eigenvalue weighted by Gasteiger charge is 2.15. The molecule has 0 aromatic heterocycles. The number of nitrogens with one attached hydrogen (secondary N) is 2. The minimum atomic E-state index is -0.188. The van der Waals surface area contributed by atoms with Crippen molar-refractivity contribution in [1.29, 1.82) is 0 Å². The maximum atomic E-state index is 12.4. The van der Waals surface area contributed by atoms with Gasteiger partial charge in [0.1, 0.15) is 0 Å². The lowest BCUT2D eigenvalue weighted by molar-refractivity contribution is 0.252. The van der Waals surface area contributed by atoms with Crippen LogP contribution >= 0.6 is 0 Å². The molecule has 3 heteroatoms. The van der Waals surface area contributed by atoms with Gasteiger partial charge in [0.15, 0.2) is 0 Å². The van der Waals surface area contributed by atoms with Crippen molar-refractivity contribution in [1.82, 2.24) is 5.32 Å².